The lowest BCUT2D eigenvalue weighted by molar-refractivity contribution is 0.414. The van der Waals surface area contributed by atoms with Crippen molar-refractivity contribution in [3.63, 3.8) is 0 Å². The van der Waals surface area contributed by atoms with Gasteiger partial charge in [0, 0.05) is 0 Å². The highest BCUT2D eigenvalue weighted by atomic mass is 19.3. The molecule has 2 aromatic carbocycles. The van der Waals surface area contributed by atoms with Gasteiger partial charge in [0.05, 0.1) is 12.7 Å². The summed E-state index contributed by atoms with van der Waals surface area (Å²) in [6.45, 7) is 5.77. The van der Waals surface area contributed by atoms with E-state index in [2.05, 4.69) is 6.58 Å². The van der Waals surface area contributed by atoms with Crippen molar-refractivity contribution in [3.05, 3.63) is 77.9 Å². The maximum atomic E-state index is 13.4. The Morgan fingerprint density at radius 1 is 0.905 bits per heavy atom. The van der Waals surface area contributed by atoms with E-state index in [0.717, 1.165) is 5.56 Å². The second-order valence-electron chi connectivity index (χ2n) is 4.71. The topological polar surface area (TPSA) is 9.23 Å². The molecule has 0 saturated carbocycles. The van der Waals surface area contributed by atoms with E-state index >= 15 is 0 Å². The second kappa shape index (κ2) is 6.35. The summed E-state index contributed by atoms with van der Waals surface area (Å²) in [6.07, 6.45) is -1.74. The summed E-state index contributed by atoms with van der Waals surface area (Å²) in [4.78, 5) is 0. The molecule has 0 atom stereocenters. The number of ether oxygens (including phenoxy) is 1. The molecular weight excluding hydrogens is 270 g/mol. The van der Waals surface area contributed by atoms with Crippen LogP contribution >= 0.6 is 0 Å². The molecule has 1 nitrogen and oxygen atoms in total. The Kier molecular flexibility index (Phi) is 4.53. The Labute approximate surface area is 123 Å². The minimum absolute atomic E-state index is 0.137. The van der Waals surface area contributed by atoms with Crippen LogP contribution in [0.1, 0.15) is 16.7 Å². The van der Waals surface area contributed by atoms with E-state index in [4.69, 9.17) is 4.74 Å². The van der Waals surface area contributed by atoms with Crippen molar-refractivity contribution in [1.82, 2.24) is 0 Å². The number of halogens is 2. The monoisotopic (exact) mass is 286 g/mol. The van der Waals surface area contributed by atoms with Crippen molar-refractivity contribution >= 4 is 11.1 Å². The molecule has 0 unspecified atom stereocenters. The Bertz CT molecular complexity index is 663. The van der Waals surface area contributed by atoms with Crippen molar-refractivity contribution < 1.29 is 13.5 Å². The van der Waals surface area contributed by atoms with Gasteiger partial charge in [-0.05, 0) is 35.8 Å². The first kappa shape index (κ1) is 15.0. The van der Waals surface area contributed by atoms with Crippen LogP contribution in [0, 0.1) is 6.92 Å². The molecule has 2 aromatic rings. The van der Waals surface area contributed by atoms with Gasteiger partial charge in [0.1, 0.15) is 5.75 Å². The number of rotatable bonds is 4. The lowest BCUT2D eigenvalue weighted by Crippen LogP contribution is -1.92. The predicted molar refractivity (Wildman–Crippen MR) is 82.3 cm³/mol. The number of methoxy groups -OCH3 is 1. The molecule has 0 radical (unpaired) electrons. The zero-order valence-electron chi connectivity index (χ0n) is 12.0. The van der Waals surface area contributed by atoms with Crippen LogP contribution < -0.4 is 4.74 Å². The fourth-order valence-electron chi connectivity index (χ4n) is 2.05. The fraction of sp³-hybridized carbons (Fsp3) is 0.111. The average Bonchev–Trinajstić information content (AvgIpc) is 2.48. The molecule has 0 aliphatic carbocycles. The van der Waals surface area contributed by atoms with Gasteiger partial charge >= 0.3 is 0 Å². The Hall–Kier alpha value is -2.42. The van der Waals surface area contributed by atoms with E-state index in [1.165, 1.54) is 7.11 Å². The molecule has 0 amide bonds. The molecular formula is C18H16F2O. The van der Waals surface area contributed by atoms with Gasteiger partial charge < -0.3 is 4.74 Å². The largest absolute Gasteiger partial charge is 0.497 e. The third kappa shape index (κ3) is 3.37. The SMILES string of the molecule is C=C(C(=C(F)F)c1ccc(OC)cc1)c1ccc(C)cc1. The summed E-state index contributed by atoms with van der Waals surface area (Å²) in [5.41, 5.74) is 2.34. The van der Waals surface area contributed by atoms with Gasteiger partial charge in [0.25, 0.3) is 6.08 Å². The zero-order valence-corrected chi connectivity index (χ0v) is 12.0. The van der Waals surface area contributed by atoms with Gasteiger partial charge in [0.15, 0.2) is 0 Å². The molecule has 0 spiro atoms. The third-order valence-electron chi connectivity index (χ3n) is 3.27. The van der Waals surface area contributed by atoms with Crippen molar-refractivity contribution in [2.75, 3.05) is 7.11 Å². The maximum Gasteiger partial charge on any atom is 0.278 e. The summed E-state index contributed by atoms with van der Waals surface area (Å²) < 4.78 is 31.8. The molecule has 0 aliphatic rings. The quantitative estimate of drug-likeness (QED) is 0.691. The van der Waals surface area contributed by atoms with Crippen molar-refractivity contribution in [2.45, 2.75) is 6.92 Å². The van der Waals surface area contributed by atoms with Crippen LogP contribution in [0.5, 0.6) is 5.75 Å². The van der Waals surface area contributed by atoms with Crippen LogP contribution in [-0.4, -0.2) is 7.11 Å². The summed E-state index contributed by atoms with van der Waals surface area (Å²) in [7, 11) is 1.53. The number of hydrogen-bond donors (Lipinski definition) is 0. The lowest BCUT2D eigenvalue weighted by Gasteiger charge is -2.11. The van der Waals surface area contributed by atoms with Crippen LogP contribution in [-0.2, 0) is 0 Å². The molecule has 108 valence electrons. The number of benzene rings is 2. The van der Waals surface area contributed by atoms with E-state index in [-0.39, 0.29) is 5.57 Å². The van der Waals surface area contributed by atoms with E-state index in [1.807, 2.05) is 19.1 Å². The van der Waals surface area contributed by atoms with E-state index in [9.17, 15) is 8.78 Å². The second-order valence-corrected chi connectivity index (χ2v) is 4.71. The van der Waals surface area contributed by atoms with Gasteiger partial charge in [-0.1, -0.05) is 48.5 Å². The summed E-state index contributed by atoms with van der Waals surface area (Å²) in [5.74, 6) is 0.623. The average molecular weight is 286 g/mol. The van der Waals surface area contributed by atoms with Gasteiger partial charge in [-0.15, -0.1) is 0 Å². The normalized spacial score (nSPS) is 10.1. The number of aryl methyl sites for hydroxylation is 1. The van der Waals surface area contributed by atoms with Crippen molar-refractivity contribution in [2.24, 2.45) is 0 Å². The standard InChI is InChI=1S/C18H16F2O/c1-12-4-6-14(7-5-12)13(2)17(18(19)20)15-8-10-16(21-3)11-9-15/h4-11H,2H2,1,3H3. The molecule has 0 heterocycles. The van der Waals surface area contributed by atoms with Crippen LogP contribution in [0.2, 0.25) is 0 Å². The molecule has 2 rings (SSSR count). The predicted octanol–water partition coefficient (Wildman–Crippen LogP) is 5.32. The van der Waals surface area contributed by atoms with E-state index < -0.39 is 6.08 Å². The third-order valence-corrected chi connectivity index (χ3v) is 3.27. The molecule has 0 aliphatic heterocycles. The maximum absolute atomic E-state index is 13.4. The molecule has 0 bridgehead atoms. The highest BCUT2D eigenvalue weighted by molar-refractivity contribution is 6.04. The van der Waals surface area contributed by atoms with Crippen LogP contribution in [0.15, 0.2) is 61.2 Å². The van der Waals surface area contributed by atoms with Gasteiger partial charge in [-0.3, -0.25) is 0 Å². The number of allylic oxidation sites excluding steroid dienone is 2. The molecule has 0 fully saturated rings. The first-order valence-corrected chi connectivity index (χ1v) is 6.49. The van der Waals surface area contributed by atoms with Crippen molar-refractivity contribution in [3.8, 4) is 5.75 Å². The number of hydrogen-bond acceptors (Lipinski definition) is 1. The zero-order chi connectivity index (χ0) is 15.4. The molecule has 0 saturated heterocycles. The summed E-state index contributed by atoms with van der Waals surface area (Å²) >= 11 is 0. The summed E-state index contributed by atoms with van der Waals surface area (Å²) in [5, 5.41) is 0. The van der Waals surface area contributed by atoms with E-state index in [0.29, 0.717) is 22.4 Å². The molecule has 3 heteroatoms. The van der Waals surface area contributed by atoms with Gasteiger partial charge in [-0.25, -0.2) is 0 Å². The lowest BCUT2D eigenvalue weighted by atomic mass is 9.94. The minimum Gasteiger partial charge on any atom is -0.497 e. The van der Waals surface area contributed by atoms with Gasteiger partial charge in [0.2, 0.25) is 0 Å². The Morgan fingerprint density at radius 3 is 1.90 bits per heavy atom. The first-order valence-electron chi connectivity index (χ1n) is 6.49. The summed E-state index contributed by atoms with van der Waals surface area (Å²) in [6, 6.07) is 13.9. The van der Waals surface area contributed by atoms with Crippen LogP contribution in [0.3, 0.4) is 0 Å². The molecule has 0 aromatic heterocycles. The van der Waals surface area contributed by atoms with Gasteiger partial charge in [-0.2, -0.15) is 8.78 Å². The smallest absolute Gasteiger partial charge is 0.278 e. The highest BCUT2D eigenvalue weighted by Crippen LogP contribution is 2.34. The highest BCUT2D eigenvalue weighted by Gasteiger charge is 2.15. The molecule has 21 heavy (non-hydrogen) atoms. The minimum atomic E-state index is -1.74. The molecule has 0 N–H and O–H groups in total. The fourth-order valence-corrected chi connectivity index (χ4v) is 2.05. The first-order chi connectivity index (χ1) is 10.0. The Balaban J connectivity index is 2.42. The van der Waals surface area contributed by atoms with E-state index in [1.54, 1.807) is 36.4 Å². The van der Waals surface area contributed by atoms with Crippen LogP contribution in [0.4, 0.5) is 8.78 Å². The van der Waals surface area contributed by atoms with Crippen LogP contribution in [0.25, 0.3) is 11.1 Å². The van der Waals surface area contributed by atoms with Crippen molar-refractivity contribution in [1.29, 1.82) is 0 Å². The Morgan fingerprint density at radius 2 is 1.43 bits per heavy atom.